The maximum atomic E-state index is 5.95. The van der Waals surface area contributed by atoms with Crippen LogP contribution in [0.5, 0.6) is 0 Å². The summed E-state index contributed by atoms with van der Waals surface area (Å²) in [7, 11) is 0. The van der Waals surface area contributed by atoms with E-state index in [0.717, 1.165) is 22.4 Å². The minimum absolute atomic E-state index is 0.604. The van der Waals surface area contributed by atoms with E-state index in [9.17, 15) is 0 Å². The van der Waals surface area contributed by atoms with Crippen LogP contribution in [-0.4, -0.2) is 19.9 Å². The van der Waals surface area contributed by atoms with Crippen molar-refractivity contribution in [3.05, 3.63) is 42.0 Å². The van der Waals surface area contributed by atoms with Crippen molar-refractivity contribution in [1.29, 1.82) is 0 Å². The zero-order chi connectivity index (χ0) is 13.2. The van der Waals surface area contributed by atoms with Gasteiger partial charge in [-0.15, -0.1) is 0 Å². The number of imidazole rings is 1. The fourth-order valence-electron chi connectivity index (χ4n) is 1.96. The summed E-state index contributed by atoms with van der Waals surface area (Å²) in [5, 5.41) is 3.24. The molecule has 0 fully saturated rings. The highest BCUT2D eigenvalue weighted by Crippen LogP contribution is 2.18. The summed E-state index contributed by atoms with van der Waals surface area (Å²) in [5.74, 6) is 0.701. The molecule has 1 aromatic carbocycles. The average molecular weight is 254 g/mol. The third-order valence-corrected chi connectivity index (χ3v) is 2.96. The molecule has 0 radical (unpaired) electrons. The highest BCUT2D eigenvalue weighted by Gasteiger charge is 2.06. The second-order valence-corrected chi connectivity index (χ2v) is 4.38. The molecule has 0 unspecified atom stereocenters. The Morgan fingerprint density at radius 3 is 3.05 bits per heavy atom. The predicted molar refractivity (Wildman–Crippen MR) is 74.6 cm³/mol. The molecule has 3 rings (SSSR count). The van der Waals surface area contributed by atoms with Crippen LogP contribution in [0.3, 0.4) is 0 Å². The van der Waals surface area contributed by atoms with Gasteiger partial charge in [0.2, 0.25) is 0 Å². The van der Waals surface area contributed by atoms with E-state index in [2.05, 4.69) is 31.3 Å². The van der Waals surface area contributed by atoms with Gasteiger partial charge in [0.15, 0.2) is 11.5 Å². The molecule has 2 heterocycles. The van der Waals surface area contributed by atoms with Gasteiger partial charge >= 0.3 is 0 Å². The van der Waals surface area contributed by atoms with Gasteiger partial charge in [-0.05, 0) is 18.6 Å². The average Bonchev–Trinajstić information content (AvgIpc) is 2.88. The number of aromatic nitrogens is 4. The van der Waals surface area contributed by atoms with Crippen molar-refractivity contribution in [2.75, 3.05) is 11.1 Å². The van der Waals surface area contributed by atoms with Crippen LogP contribution in [0.1, 0.15) is 11.1 Å². The zero-order valence-corrected chi connectivity index (χ0v) is 10.5. The molecular formula is C13H14N6. The van der Waals surface area contributed by atoms with Crippen molar-refractivity contribution in [1.82, 2.24) is 19.9 Å². The van der Waals surface area contributed by atoms with Gasteiger partial charge in [0.1, 0.15) is 11.8 Å². The van der Waals surface area contributed by atoms with Crippen LogP contribution in [0.2, 0.25) is 0 Å². The normalized spacial score (nSPS) is 10.8. The fraction of sp³-hybridized carbons (Fsp3) is 0.154. The summed E-state index contributed by atoms with van der Waals surface area (Å²) in [6, 6.07) is 5.97. The first-order chi connectivity index (χ1) is 9.24. The number of rotatable bonds is 3. The van der Waals surface area contributed by atoms with Crippen molar-refractivity contribution >= 4 is 22.7 Å². The van der Waals surface area contributed by atoms with E-state index in [1.807, 2.05) is 19.1 Å². The molecule has 0 amide bonds. The molecule has 6 nitrogen and oxygen atoms in total. The number of aromatic amines is 1. The summed E-state index contributed by atoms with van der Waals surface area (Å²) in [6.45, 7) is 2.64. The summed E-state index contributed by atoms with van der Waals surface area (Å²) < 4.78 is 0. The van der Waals surface area contributed by atoms with Gasteiger partial charge in [0.25, 0.3) is 0 Å². The highest BCUT2D eigenvalue weighted by molar-refractivity contribution is 5.81. The quantitative estimate of drug-likeness (QED) is 0.620. The van der Waals surface area contributed by atoms with E-state index < -0.39 is 0 Å². The molecule has 0 saturated carbocycles. The lowest BCUT2D eigenvalue weighted by Crippen LogP contribution is -2.05. The predicted octanol–water partition coefficient (Wildman–Crippen LogP) is 1.86. The Labute approximate surface area is 110 Å². The van der Waals surface area contributed by atoms with Crippen molar-refractivity contribution < 1.29 is 0 Å². The minimum Gasteiger partial charge on any atom is -0.398 e. The monoisotopic (exact) mass is 254 g/mol. The third-order valence-electron chi connectivity index (χ3n) is 2.96. The molecule has 3 aromatic rings. The van der Waals surface area contributed by atoms with Gasteiger partial charge in [-0.2, -0.15) is 0 Å². The Hall–Kier alpha value is -2.63. The number of hydrogen-bond donors (Lipinski definition) is 3. The Morgan fingerprint density at radius 1 is 1.26 bits per heavy atom. The van der Waals surface area contributed by atoms with Gasteiger partial charge in [0, 0.05) is 12.2 Å². The molecule has 0 bridgehead atoms. The smallest absolute Gasteiger partial charge is 0.162 e. The molecule has 2 aromatic heterocycles. The second-order valence-electron chi connectivity index (χ2n) is 4.38. The van der Waals surface area contributed by atoms with Gasteiger partial charge < -0.3 is 16.0 Å². The summed E-state index contributed by atoms with van der Waals surface area (Å²) in [5.41, 5.74) is 10.4. The van der Waals surface area contributed by atoms with Crippen molar-refractivity contribution in [2.24, 2.45) is 0 Å². The zero-order valence-electron chi connectivity index (χ0n) is 10.5. The molecule has 0 spiro atoms. The molecule has 0 aliphatic rings. The van der Waals surface area contributed by atoms with Gasteiger partial charge in [-0.3, -0.25) is 0 Å². The Balaban J connectivity index is 1.86. The van der Waals surface area contributed by atoms with E-state index in [4.69, 9.17) is 5.73 Å². The van der Waals surface area contributed by atoms with Crippen molar-refractivity contribution in [3.63, 3.8) is 0 Å². The van der Waals surface area contributed by atoms with E-state index in [-0.39, 0.29) is 0 Å². The molecular weight excluding hydrogens is 240 g/mol. The lowest BCUT2D eigenvalue weighted by Gasteiger charge is -2.09. The minimum atomic E-state index is 0.604. The number of fused-ring (bicyclic) bond motifs is 1. The molecule has 6 heteroatoms. The van der Waals surface area contributed by atoms with E-state index in [0.29, 0.717) is 12.4 Å². The van der Waals surface area contributed by atoms with Crippen LogP contribution in [0.15, 0.2) is 30.9 Å². The first kappa shape index (κ1) is 11.5. The number of nitrogens with two attached hydrogens (primary N) is 1. The van der Waals surface area contributed by atoms with Gasteiger partial charge in [0.05, 0.1) is 6.33 Å². The molecule has 96 valence electrons. The largest absolute Gasteiger partial charge is 0.398 e. The number of nitrogens with one attached hydrogen (secondary N) is 2. The fourth-order valence-corrected chi connectivity index (χ4v) is 1.96. The van der Waals surface area contributed by atoms with E-state index in [1.165, 1.54) is 11.9 Å². The number of anilines is 2. The molecule has 0 saturated heterocycles. The number of aryl methyl sites for hydroxylation is 1. The van der Waals surface area contributed by atoms with Crippen LogP contribution in [0.25, 0.3) is 11.2 Å². The number of nitrogen functional groups attached to an aromatic ring is 1. The molecule has 0 aliphatic heterocycles. The maximum absolute atomic E-state index is 5.95. The number of hydrogen-bond acceptors (Lipinski definition) is 5. The molecule has 0 atom stereocenters. The summed E-state index contributed by atoms with van der Waals surface area (Å²) in [4.78, 5) is 15.4. The highest BCUT2D eigenvalue weighted by atomic mass is 15.1. The second kappa shape index (κ2) is 4.56. The molecule has 4 N–H and O–H groups in total. The first-order valence-electron chi connectivity index (χ1n) is 5.97. The Kier molecular flexibility index (Phi) is 2.75. The lowest BCUT2D eigenvalue weighted by atomic mass is 10.1. The SMILES string of the molecule is Cc1ccc(N)c(CNc2ncnc3[nH]cnc23)c1. The Bertz CT molecular complexity index is 718. The molecule has 19 heavy (non-hydrogen) atoms. The van der Waals surface area contributed by atoms with Crippen molar-refractivity contribution in [2.45, 2.75) is 13.5 Å². The van der Waals surface area contributed by atoms with E-state index >= 15 is 0 Å². The summed E-state index contributed by atoms with van der Waals surface area (Å²) >= 11 is 0. The topological polar surface area (TPSA) is 92.5 Å². The number of H-pyrrole nitrogens is 1. The summed E-state index contributed by atoms with van der Waals surface area (Å²) in [6.07, 6.45) is 3.11. The van der Waals surface area contributed by atoms with Gasteiger partial charge in [-0.25, -0.2) is 15.0 Å². The van der Waals surface area contributed by atoms with Crippen LogP contribution < -0.4 is 11.1 Å². The van der Waals surface area contributed by atoms with Crippen LogP contribution in [-0.2, 0) is 6.54 Å². The number of nitrogens with zero attached hydrogens (tertiary/aromatic N) is 3. The van der Waals surface area contributed by atoms with Gasteiger partial charge in [-0.1, -0.05) is 17.7 Å². The van der Waals surface area contributed by atoms with Crippen LogP contribution in [0, 0.1) is 6.92 Å². The van der Waals surface area contributed by atoms with Crippen LogP contribution in [0.4, 0.5) is 11.5 Å². The Morgan fingerprint density at radius 2 is 2.16 bits per heavy atom. The van der Waals surface area contributed by atoms with Crippen molar-refractivity contribution in [3.8, 4) is 0 Å². The number of benzene rings is 1. The molecule has 0 aliphatic carbocycles. The first-order valence-corrected chi connectivity index (χ1v) is 5.97. The third kappa shape index (κ3) is 2.20. The van der Waals surface area contributed by atoms with Crippen LogP contribution >= 0.6 is 0 Å². The maximum Gasteiger partial charge on any atom is 0.162 e. The lowest BCUT2D eigenvalue weighted by molar-refractivity contribution is 1.10. The standard InChI is InChI=1S/C13H14N6/c1-8-2-3-10(14)9(4-8)5-15-12-11-13(17-6-16-11)19-7-18-12/h2-4,6-7H,5,14H2,1H3,(H2,15,16,17,18,19). The van der Waals surface area contributed by atoms with E-state index in [1.54, 1.807) is 6.33 Å².